The van der Waals surface area contributed by atoms with Crippen molar-refractivity contribution in [3.05, 3.63) is 107 Å². The lowest BCUT2D eigenvalue weighted by molar-refractivity contribution is -0.151. The molecule has 2 atom stereocenters. The third kappa shape index (κ3) is 6.28. The first-order valence-corrected chi connectivity index (χ1v) is 13.9. The summed E-state index contributed by atoms with van der Waals surface area (Å²) in [5.74, 6) is -0.579. The Kier molecular flexibility index (Phi) is 8.69. The largest absolute Gasteiger partial charge is 0.469 e. The van der Waals surface area contributed by atoms with E-state index in [-0.39, 0.29) is 38.2 Å². The number of carbonyl (C=O) groups is 3. The predicted octanol–water partition coefficient (Wildman–Crippen LogP) is 4.92. The summed E-state index contributed by atoms with van der Waals surface area (Å²) in [5.41, 5.74) is 2.97. The second-order valence-electron chi connectivity index (χ2n) is 10.8. The Labute approximate surface area is 240 Å². The summed E-state index contributed by atoms with van der Waals surface area (Å²) in [6.45, 7) is 0.752. The van der Waals surface area contributed by atoms with Crippen molar-refractivity contribution >= 4 is 18.0 Å². The van der Waals surface area contributed by atoms with E-state index >= 15 is 0 Å². The molecule has 0 spiro atoms. The van der Waals surface area contributed by atoms with Crippen molar-refractivity contribution in [1.29, 1.82) is 0 Å². The third-order valence-electron chi connectivity index (χ3n) is 8.09. The van der Waals surface area contributed by atoms with E-state index in [0.717, 1.165) is 22.3 Å². The van der Waals surface area contributed by atoms with Gasteiger partial charge in [0.1, 0.15) is 12.6 Å². The Bertz CT molecular complexity index is 1360. The Morgan fingerprint density at radius 3 is 2.17 bits per heavy atom. The minimum atomic E-state index is -0.815. The summed E-state index contributed by atoms with van der Waals surface area (Å²) < 4.78 is 16.5. The molecule has 5 rings (SSSR count). The van der Waals surface area contributed by atoms with E-state index in [1.165, 1.54) is 12.0 Å². The number of ether oxygens (including phenoxy) is 3. The van der Waals surface area contributed by atoms with Crippen LogP contribution in [0.25, 0.3) is 0 Å². The molecule has 1 saturated carbocycles. The third-order valence-corrected chi connectivity index (χ3v) is 8.09. The average Bonchev–Trinajstić information content (AvgIpc) is 3.82. The van der Waals surface area contributed by atoms with Gasteiger partial charge < -0.3 is 19.1 Å². The smallest absolute Gasteiger partial charge is 0.411 e. The van der Waals surface area contributed by atoms with Gasteiger partial charge in [-0.2, -0.15) is 0 Å². The number of fused-ring (bicyclic) bond motifs is 1. The van der Waals surface area contributed by atoms with Crippen LogP contribution >= 0.6 is 0 Å². The van der Waals surface area contributed by atoms with Crippen molar-refractivity contribution in [3.8, 4) is 0 Å². The van der Waals surface area contributed by atoms with E-state index in [4.69, 9.17) is 14.2 Å². The topological polar surface area (TPSA) is 85.4 Å². The van der Waals surface area contributed by atoms with Crippen LogP contribution in [0.3, 0.4) is 0 Å². The molecule has 3 aromatic rings. The number of hydrogen-bond acceptors (Lipinski definition) is 6. The summed E-state index contributed by atoms with van der Waals surface area (Å²) in [6.07, 6.45) is 1.05. The number of methoxy groups -OCH3 is 2. The van der Waals surface area contributed by atoms with Crippen molar-refractivity contribution in [2.45, 2.75) is 44.5 Å². The highest BCUT2D eigenvalue weighted by molar-refractivity contribution is 5.88. The lowest BCUT2D eigenvalue weighted by Crippen LogP contribution is -2.56. The molecule has 1 unspecified atom stereocenters. The standard InChI is InChI=1S/C33H36N2O6/c1-39-22-29(25-13-7-4-8-14-25)35(23-33(17-18-33)31(37)40-2)30(36)28-19-26-15-9-10-16-27(26)20-34(28)32(38)41-21-24-11-5-3-6-12-24/h3-16,28-29H,17-23H2,1-2H3/t28?,29-/m0/s1. The molecule has 8 nitrogen and oxygen atoms in total. The van der Waals surface area contributed by atoms with Crippen LogP contribution in [-0.2, 0) is 43.4 Å². The number of hydrogen-bond donors (Lipinski definition) is 0. The van der Waals surface area contributed by atoms with E-state index in [0.29, 0.717) is 19.3 Å². The molecular weight excluding hydrogens is 520 g/mol. The fourth-order valence-corrected chi connectivity index (χ4v) is 5.59. The average molecular weight is 557 g/mol. The molecule has 1 fully saturated rings. The first kappa shape index (κ1) is 28.4. The Morgan fingerprint density at radius 1 is 0.902 bits per heavy atom. The van der Waals surface area contributed by atoms with Gasteiger partial charge in [0.2, 0.25) is 5.91 Å². The van der Waals surface area contributed by atoms with Crippen LogP contribution in [0.5, 0.6) is 0 Å². The molecule has 0 bridgehead atoms. The molecule has 1 heterocycles. The first-order valence-electron chi connectivity index (χ1n) is 13.9. The van der Waals surface area contributed by atoms with Crippen molar-refractivity contribution < 1.29 is 28.6 Å². The van der Waals surface area contributed by atoms with E-state index in [1.807, 2.05) is 84.9 Å². The molecule has 2 amide bonds. The van der Waals surface area contributed by atoms with Crippen LogP contribution in [0.4, 0.5) is 4.79 Å². The summed E-state index contributed by atoms with van der Waals surface area (Å²) in [6, 6.07) is 25.7. The van der Waals surface area contributed by atoms with Gasteiger partial charge in [0.05, 0.1) is 31.7 Å². The van der Waals surface area contributed by atoms with E-state index < -0.39 is 23.6 Å². The van der Waals surface area contributed by atoms with Gasteiger partial charge in [-0.3, -0.25) is 14.5 Å². The van der Waals surface area contributed by atoms with Gasteiger partial charge in [-0.1, -0.05) is 84.9 Å². The summed E-state index contributed by atoms with van der Waals surface area (Å²) in [7, 11) is 2.97. The Hall–Kier alpha value is -4.17. The predicted molar refractivity (Wildman–Crippen MR) is 153 cm³/mol. The van der Waals surface area contributed by atoms with Crippen LogP contribution in [0.15, 0.2) is 84.9 Å². The van der Waals surface area contributed by atoms with Crippen LogP contribution in [-0.4, -0.2) is 61.2 Å². The number of esters is 1. The monoisotopic (exact) mass is 556 g/mol. The zero-order valence-electron chi connectivity index (χ0n) is 23.5. The summed E-state index contributed by atoms with van der Waals surface area (Å²) >= 11 is 0. The molecule has 1 aliphatic carbocycles. The molecule has 1 aliphatic heterocycles. The van der Waals surface area contributed by atoms with Crippen LogP contribution in [0.2, 0.25) is 0 Å². The van der Waals surface area contributed by atoms with Gasteiger partial charge in [0, 0.05) is 20.1 Å². The molecule has 214 valence electrons. The van der Waals surface area contributed by atoms with Crippen LogP contribution in [0, 0.1) is 5.41 Å². The highest BCUT2D eigenvalue weighted by Gasteiger charge is 2.54. The molecule has 0 saturated heterocycles. The van der Waals surface area contributed by atoms with Crippen molar-refractivity contribution in [2.24, 2.45) is 5.41 Å². The van der Waals surface area contributed by atoms with Crippen molar-refractivity contribution in [2.75, 3.05) is 27.4 Å². The van der Waals surface area contributed by atoms with Gasteiger partial charge >= 0.3 is 12.1 Å². The SMILES string of the molecule is COC[C@@H](c1ccccc1)N(CC1(C(=O)OC)CC1)C(=O)C1Cc2ccccc2CN1C(=O)OCc1ccccc1. The molecule has 0 N–H and O–H groups in total. The van der Waals surface area contributed by atoms with E-state index in [9.17, 15) is 14.4 Å². The maximum Gasteiger partial charge on any atom is 0.411 e. The van der Waals surface area contributed by atoms with Gasteiger partial charge in [0.15, 0.2) is 0 Å². The number of carbonyl (C=O) groups excluding carboxylic acids is 3. The zero-order valence-corrected chi connectivity index (χ0v) is 23.5. The lowest BCUT2D eigenvalue weighted by Gasteiger charge is -2.41. The summed E-state index contributed by atoms with van der Waals surface area (Å²) in [4.78, 5) is 44.3. The molecule has 8 heteroatoms. The lowest BCUT2D eigenvalue weighted by atomic mass is 9.92. The highest BCUT2D eigenvalue weighted by Crippen LogP contribution is 2.48. The number of nitrogens with zero attached hydrogens (tertiary/aromatic N) is 2. The normalized spacial score (nSPS) is 17.6. The van der Waals surface area contributed by atoms with Gasteiger partial charge in [-0.15, -0.1) is 0 Å². The number of benzene rings is 3. The highest BCUT2D eigenvalue weighted by atomic mass is 16.6. The second-order valence-corrected chi connectivity index (χ2v) is 10.8. The minimum absolute atomic E-state index is 0.101. The minimum Gasteiger partial charge on any atom is -0.469 e. The quantitative estimate of drug-likeness (QED) is 0.330. The Morgan fingerprint density at radius 2 is 1.54 bits per heavy atom. The van der Waals surface area contributed by atoms with Gasteiger partial charge in [-0.05, 0) is 35.1 Å². The fourth-order valence-electron chi connectivity index (χ4n) is 5.59. The maximum absolute atomic E-state index is 14.7. The van der Waals surface area contributed by atoms with E-state index in [1.54, 1.807) is 12.0 Å². The molecule has 41 heavy (non-hydrogen) atoms. The van der Waals surface area contributed by atoms with Crippen LogP contribution in [0.1, 0.15) is 41.1 Å². The van der Waals surface area contributed by atoms with Crippen molar-refractivity contribution in [3.63, 3.8) is 0 Å². The molecule has 3 aromatic carbocycles. The van der Waals surface area contributed by atoms with Gasteiger partial charge in [-0.25, -0.2) is 4.79 Å². The van der Waals surface area contributed by atoms with Crippen LogP contribution < -0.4 is 0 Å². The molecule has 0 aromatic heterocycles. The molecule has 2 aliphatic rings. The molecular formula is C33H36N2O6. The second kappa shape index (κ2) is 12.6. The molecule has 0 radical (unpaired) electrons. The first-order chi connectivity index (χ1) is 20.0. The summed E-state index contributed by atoms with van der Waals surface area (Å²) in [5, 5.41) is 0. The number of amides is 2. The zero-order chi connectivity index (χ0) is 28.8. The maximum atomic E-state index is 14.7. The van der Waals surface area contributed by atoms with Gasteiger partial charge in [0.25, 0.3) is 0 Å². The Balaban J connectivity index is 1.49. The number of rotatable bonds is 10. The van der Waals surface area contributed by atoms with E-state index in [2.05, 4.69) is 0 Å². The fraction of sp³-hybridized carbons (Fsp3) is 0.364. The van der Waals surface area contributed by atoms with Crippen molar-refractivity contribution in [1.82, 2.24) is 9.80 Å².